The van der Waals surface area contributed by atoms with Gasteiger partial charge in [0.25, 0.3) is 0 Å². The fourth-order valence-corrected chi connectivity index (χ4v) is 1.71. The van der Waals surface area contributed by atoms with E-state index in [4.69, 9.17) is 4.74 Å². The third-order valence-electron chi connectivity index (χ3n) is 2.65. The average molecular weight is 265 g/mol. The Morgan fingerprint density at radius 2 is 1.80 bits per heavy atom. The number of amides is 1. The van der Waals surface area contributed by atoms with Gasteiger partial charge in [-0.3, -0.25) is 4.79 Å². The van der Waals surface area contributed by atoms with Crippen LogP contribution in [0.1, 0.15) is 11.1 Å². The first-order valence-corrected chi connectivity index (χ1v) is 6.30. The van der Waals surface area contributed by atoms with E-state index >= 15 is 0 Å². The Labute approximate surface area is 118 Å². The van der Waals surface area contributed by atoms with Crippen LogP contribution in [-0.4, -0.2) is 13.0 Å². The first-order chi connectivity index (χ1) is 9.90. The van der Waals surface area contributed by atoms with Crippen molar-refractivity contribution < 1.29 is 9.53 Å². The second-order valence-electron chi connectivity index (χ2n) is 4.09. The Morgan fingerprint density at radius 1 is 1.05 bits per heavy atom. The number of benzene rings is 2. The van der Waals surface area contributed by atoms with Gasteiger partial charge in [-0.15, -0.1) is 0 Å². The van der Waals surface area contributed by atoms with Crippen molar-refractivity contribution >= 4 is 12.1 Å². The maximum absolute atomic E-state index is 10.5. The van der Waals surface area contributed by atoms with Crippen molar-refractivity contribution in [1.29, 1.82) is 0 Å². The van der Waals surface area contributed by atoms with Gasteiger partial charge in [0, 0.05) is 5.56 Å². The lowest BCUT2D eigenvalue weighted by Crippen LogP contribution is -1.96. The molecule has 100 valence electrons. The van der Waals surface area contributed by atoms with E-state index in [0.717, 1.165) is 11.1 Å². The lowest BCUT2D eigenvalue weighted by molar-refractivity contribution is -0.105. The second kappa shape index (κ2) is 7.78. The van der Waals surface area contributed by atoms with Crippen molar-refractivity contribution in [1.82, 2.24) is 0 Å². The SMILES string of the molecule is O=CNc1ccccc1C#CCOCc1ccccc1. The first kappa shape index (κ1) is 13.9. The minimum atomic E-state index is 0.352. The van der Waals surface area contributed by atoms with Crippen LogP contribution in [-0.2, 0) is 16.1 Å². The molecule has 0 unspecified atom stereocenters. The van der Waals surface area contributed by atoms with Gasteiger partial charge < -0.3 is 10.1 Å². The third-order valence-corrected chi connectivity index (χ3v) is 2.65. The molecule has 20 heavy (non-hydrogen) atoms. The molecule has 0 radical (unpaired) electrons. The summed E-state index contributed by atoms with van der Waals surface area (Å²) in [5.41, 5.74) is 2.61. The highest BCUT2D eigenvalue weighted by Crippen LogP contribution is 2.12. The van der Waals surface area contributed by atoms with Gasteiger partial charge in [0.15, 0.2) is 0 Å². The predicted molar refractivity (Wildman–Crippen MR) is 79.1 cm³/mol. The lowest BCUT2D eigenvalue weighted by atomic mass is 10.2. The Hall–Kier alpha value is -2.57. The van der Waals surface area contributed by atoms with Crippen LogP contribution in [0.3, 0.4) is 0 Å². The first-order valence-electron chi connectivity index (χ1n) is 6.30. The number of nitrogens with one attached hydrogen (secondary N) is 1. The van der Waals surface area contributed by atoms with E-state index in [0.29, 0.717) is 25.3 Å². The molecule has 0 saturated heterocycles. The van der Waals surface area contributed by atoms with E-state index in [1.54, 1.807) is 0 Å². The number of hydrogen-bond donors (Lipinski definition) is 1. The maximum atomic E-state index is 10.5. The van der Waals surface area contributed by atoms with Crippen molar-refractivity contribution in [2.45, 2.75) is 6.61 Å². The Morgan fingerprint density at radius 3 is 2.60 bits per heavy atom. The number of para-hydroxylation sites is 1. The zero-order chi connectivity index (χ0) is 14.0. The fraction of sp³-hybridized carbons (Fsp3) is 0.118. The standard InChI is InChI=1S/C17H15NO2/c19-14-18-17-11-5-4-9-16(17)10-6-12-20-13-15-7-2-1-3-8-15/h1-5,7-9,11,14H,12-13H2,(H,18,19). The minimum absolute atomic E-state index is 0.352. The molecule has 3 heteroatoms. The third kappa shape index (κ3) is 4.27. The van der Waals surface area contributed by atoms with E-state index in [1.165, 1.54) is 0 Å². The van der Waals surface area contributed by atoms with Crippen LogP contribution < -0.4 is 5.32 Å². The molecule has 2 aromatic carbocycles. The number of ether oxygens (including phenoxy) is 1. The summed E-state index contributed by atoms with van der Waals surface area (Å²) in [6.07, 6.45) is 0.645. The molecule has 0 heterocycles. The van der Waals surface area contributed by atoms with Gasteiger partial charge in [-0.25, -0.2) is 0 Å². The van der Waals surface area contributed by atoms with E-state index in [1.807, 2.05) is 54.6 Å². The Bertz CT molecular complexity index is 612. The van der Waals surface area contributed by atoms with E-state index in [9.17, 15) is 4.79 Å². The summed E-state index contributed by atoms with van der Waals surface area (Å²) in [6.45, 7) is 0.897. The molecule has 2 rings (SSSR count). The average Bonchev–Trinajstić information content (AvgIpc) is 2.50. The van der Waals surface area contributed by atoms with Gasteiger partial charge >= 0.3 is 0 Å². The molecule has 0 bridgehead atoms. The smallest absolute Gasteiger partial charge is 0.211 e. The summed E-state index contributed by atoms with van der Waals surface area (Å²) < 4.78 is 5.48. The highest BCUT2D eigenvalue weighted by molar-refractivity contribution is 5.75. The summed E-state index contributed by atoms with van der Waals surface area (Å²) >= 11 is 0. The molecule has 0 aromatic heterocycles. The van der Waals surface area contributed by atoms with E-state index < -0.39 is 0 Å². The van der Waals surface area contributed by atoms with Crippen LogP contribution in [0.2, 0.25) is 0 Å². The van der Waals surface area contributed by atoms with Crippen LogP contribution in [0.25, 0.3) is 0 Å². The highest BCUT2D eigenvalue weighted by Gasteiger charge is 1.95. The normalized spacial score (nSPS) is 9.40. The second-order valence-corrected chi connectivity index (χ2v) is 4.09. The number of hydrogen-bond acceptors (Lipinski definition) is 2. The number of carbonyl (C=O) groups is 1. The van der Waals surface area contributed by atoms with Crippen LogP contribution >= 0.6 is 0 Å². The molecular formula is C17H15NO2. The van der Waals surface area contributed by atoms with Gasteiger partial charge in [-0.05, 0) is 17.7 Å². The summed E-state index contributed by atoms with van der Waals surface area (Å²) in [6, 6.07) is 17.3. The van der Waals surface area contributed by atoms with Crippen molar-refractivity contribution in [2.24, 2.45) is 0 Å². The predicted octanol–water partition coefficient (Wildman–Crippen LogP) is 2.82. The molecule has 0 saturated carbocycles. The minimum Gasteiger partial charge on any atom is -0.364 e. The molecule has 2 aromatic rings. The summed E-state index contributed by atoms with van der Waals surface area (Å²) in [4.78, 5) is 10.5. The number of anilines is 1. The number of carbonyl (C=O) groups excluding carboxylic acids is 1. The van der Waals surface area contributed by atoms with Gasteiger partial charge in [0.1, 0.15) is 6.61 Å². The summed E-state index contributed by atoms with van der Waals surface area (Å²) in [5.74, 6) is 5.93. The number of rotatable bonds is 5. The van der Waals surface area contributed by atoms with Crippen molar-refractivity contribution in [3.8, 4) is 11.8 Å². The zero-order valence-electron chi connectivity index (χ0n) is 11.0. The molecule has 0 atom stereocenters. The Balaban J connectivity index is 1.87. The monoisotopic (exact) mass is 265 g/mol. The molecule has 0 aliphatic rings. The van der Waals surface area contributed by atoms with Crippen LogP contribution in [0, 0.1) is 11.8 Å². The van der Waals surface area contributed by atoms with Gasteiger partial charge in [-0.1, -0.05) is 54.3 Å². The summed E-state index contributed by atoms with van der Waals surface area (Å²) in [5, 5.41) is 2.62. The molecule has 0 aliphatic carbocycles. The van der Waals surface area contributed by atoms with Crippen molar-refractivity contribution in [3.05, 3.63) is 65.7 Å². The molecule has 0 aliphatic heterocycles. The van der Waals surface area contributed by atoms with Gasteiger partial charge in [-0.2, -0.15) is 0 Å². The Kier molecular flexibility index (Phi) is 5.39. The molecule has 1 N–H and O–H groups in total. The van der Waals surface area contributed by atoms with E-state index in [2.05, 4.69) is 17.2 Å². The topological polar surface area (TPSA) is 38.3 Å². The fourth-order valence-electron chi connectivity index (χ4n) is 1.71. The largest absolute Gasteiger partial charge is 0.364 e. The molecule has 1 amide bonds. The van der Waals surface area contributed by atoms with Gasteiger partial charge in [0.2, 0.25) is 6.41 Å². The zero-order valence-corrected chi connectivity index (χ0v) is 11.0. The maximum Gasteiger partial charge on any atom is 0.211 e. The van der Waals surface area contributed by atoms with Crippen LogP contribution in [0.5, 0.6) is 0 Å². The molecule has 0 fully saturated rings. The molecule has 3 nitrogen and oxygen atoms in total. The molecule has 0 spiro atoms. The quantitative estimate of drug-likeness (QED) is 0.513. The van der Waals surface area contributed by atoms with Crippen molar-refractivity contribution in [3.63, 3.8) is 0 Å². The van der Waals surface area contributed by atoms with Crippen molar-refractivity contribution in [2.75, 3.05) is 11.9 Å². The summed E-state index contributed by atoms with van der Waals surface area (Å²) in [7, 11) is 0. The highest BCUT2D eigenvalue weighted by atomic mass is 16.5. The van der Waals surface area contributed by atoms with E-state index in [-0.39, 0.29) is 0 Å². The van der Waals surface area contributed by atoms with Crippen LogP contribution in [0.4, 0.5) is 5.69 Å². The van der Waals surface area contributed by atoms with Crippen LogP contribution in [0.15, 0.2) is 54.6 Å². The lowest BCUT2D eigenvalue weighted by Gasteiger charge is -2.01. The van der Waals surface area contributed by atoms with Gasteiger partial charge in [0.05, 0.1) is 12.3 Å². The molecular weight excluding hydrogens is 250 g/mol.